The second kappa shape index (κ2) is 5.15. The largest absolute Gasteiger partial charge is 0.293 e. The maximum absolute atomic E-state index is 11.6. The van der Waals surface area contributed by atoms with Gasteiger partial charge in [-0.2, -0.15) is 0 Å². The summed E-state index contributed by atoms with van der Waals surface area (Å²) in [5.74, 6) is 0.219. The standard InChI is InChI=1S/C14H13BrOS/c1-3-12(16)14-7-6-13(17-14)11-5-4-10(15)8-9(11)2/h4-8H,3H2,1-2H3. The summed E-state index contributed by atoms with van der Waals surface area (Å²) in [6, 6.07) is 10.2. The van der Waals surface area contributed by atoms with Crippen LogP contribution in [0.15, 0.2) is 34.8 Å². The zero-order chi connectivity index (χ0) is 12.4. The first-order chi connectivity index (χ1) is 8.11. The predicted molar refractivity (Wildman–Crippen MR) is 76.8 cm³/mol. The lowest BCUT2D eigenvalue weighted by molar-refractivity contribution is 0.0992. The normalized spacial score (nSPS) is 10.5. The Kier molecular flexibility index (Phi) is 3.79. The Bertz CT molecular complexity index is 557. The number of benzene rings is 1. The Morgan fingerprint density at radius 2 is 2.06 bits per heavy atom. The summed E-state index contributed by atoms with van der Waals surface area (Å²) in [5.41, 5.74) is 2.42. The first-order valence-corrected chi connectivity index (χ1v) is 7.12. The van der Waals surface area contributed by atoms with Gasteiger partial charge in [0.2, 0.25) is 0 Å². The summed E-state index contributed by atoms with van der Waals surface area (Å²) in [6.07, 6.45) is 0.569. The monoisotopic (exact) mass is 308 g/mol. The van der Waals surface area contributed by atoms with Gasteiger partial charge in [0, 0.05) is 15.8 Å². The minimum absolute atomic E-state index is 0.219. The van der Waals surface area contributed by atoms with Crippen molar-refractivity contribution in [2.24, 2.45) is 0 Å². The fourth-order valence-electron chi connectivity index (χ4n) is 1.71. The zero-order valence-electron chi connectivity index (χ0n) is 9.79. The van der Waals surface area contributed by atoms with Crippen molar-refractivity contribution in [2.45, 2.75) is 20.3 Å². The molecule has 3 heteroatoms. The van der Waals surface area contributed by atoms with E-state index in [1.54, 1.807) is 11.3 Å². The van der Waals surface area contributed by atoms with Crippen molar-refractivity contribution in [3.05, 3.63) is 45.2 Å². The van der Waals surface area contributed by atoms with Crippen LogP contribution in [0.2, 0.25) is 0 Å². The van der Waals surface area contributed by atoms with E-state index in [0.29, 0.717) is 6.42 Å². The van der Waals surface area contributed by atoms with E-state index in [9.17, 15) is 4.79 Å². The molecule has 0 saturated carbocycles. The molecule has 0 aliphatic carbocycles. The van der Waals surface area contributed by atoms with Gasteiger partial charge < -0.3 is 0 Å². The first-order valence-electron chi connectivity index (χ1n) is 5.51. The summed E-state index contributed by atoms with van der Waals surface area (Å²) < 4.78 is 1.08. The highest BCUT2D eigenvalue weighted by molar-refractivity contribution is 9.10. The minimum Gasteiger partial charge on any atom is -0.293 e. The molecule has 0 fully saturated rings. The highest BCUT2D eigenvalue weighted by Crippen LogP contribution is 2.32. The molecule has 0 aliphatic rings. The van der Waals surface area contributed by atoms with E-state index >= 15 is 0 Å². The molecule has 0 radical (unpaired) electrons. The van der Waals surface area contributed by atoms with E-state index in [1.807, 2.05) is 25.1 Å². The van der Waals surface area contributed by atoms with Gasteiger partial charge in [-0.1, -0.05) is 28.9 Å². The van der Waals surface area contributed by atoms with Crippen molar-refractivity contribution in [3.63, 3.8) is 0 Å². The van der Waals surface area contributed by atoms with Crippen LogP contribution in [0.4, 0.5) is 0 Å². The summed E-state index contributed by atoms with van der Waals surface area (Å²) in [4.78, 5) is 13.6. The van der Waals surface area contributed by atoms with Crippen LogP contribution < -0.4 is 0 Å². The van der Waals surface area contributed by atoms with Gasteiger partial charge in [-0.3, -0.25) is 4.79 Å². The van der Waals surface area contributed by atoms with E-state index in [1.165, 1.54) is 11.1 Å². The van der Waals surface area contributed by atoms with Crippen LogP contribution in [-0.4, -0.2) is 5.78 Å². The smallest absolute Gasteiger partial charge is 0.172 e. The molecule has 0 unspecified atom stereocenters. The number of carbonyl (C=O) groups excluding carboxylic acids is 1. The molecule has 1 nitrogen and oxygen atoms in total. The zero-order valence-corrected chi connectivity index (χ0v) is 12.2. The Balaban J connectivity index is 2.40. The van der Waals surface area contributed by atoms with Crippen molar-refractivity contribution in [3.8, 4) is 10.4 Å². The Morgan fingerprint density at radius 1 is 1.29 bits per heavy atom. The molecule has 0 N–H and O–H groups in total. The van der Waals surface area contributed by atoms with E-state index < -0.39 is 0 Å². The molecular weight excluding hydrogens is 296 g/mol. The fraction of sp³-hybridized carbons (Fsp3) is 0.214. The van der Waals surface area contributed by atoms with Crippen LogP contribution >= 0.6 is 27.3 Å². The third-order valence-electron chi connectivity index (χ3n) is 2.66. The number of aryl methyl sites for hydroxylation is 1. The van der Waals surface area contributed by atoms with Crippen LogP contribution in [0.3, 0.4) is 0 Å². The molecule has 1 aromatic heterocycles. The van der Waals surface area contributed by atoms with E-state index in [0.717, 1.165) is 14.2 Å². The minimum atomic E-state index is 0.219. The predicted octanol–water partition coefficient (Wildman–Crippen LogP) is 5.08. The lowest BCUT2D eigenvalue weighted by Gasteiger charge is -2.03. The third-order valence-corrected chi connectivity index (χ3v) is 4.31. The SMILES string of the molecule is CCC(=O)c1ccc(-c2ccc(Br)cc2C)s1. The lowest BCUT2D eigenvalue weighted by atomic mass is 10.1. The van der Waals surface area contributed by atoms with E-state index in [2.05, 4.69) is 35.0 Å². The Hall–Kier alpha value is -0.930. The summed E-state index contributed by atoms with van der Waals surface area (Å²) >= 11 is 5.03. The van der Waals surface area contributed by atoms with Gasteiger partial charge in [-0.05, 0) is 42.3 Å². The maximum atomic E-state index is 11.6. The van der Waals surface area contributed by atoms with Gasteiger partial charge >= 0.3 is 0 Å². The number of hydrogen-bond acceptors (Lipinski definition) is 2. The van der Waals surface area contributed by atoms with Crippen molar-refractivity contribution < 1.29 is 4.79 Å². The highest BCUT2D eigenvalue weighted by Gasteiger charge is 2.09. The van der Waals surface area contributed by atoms with Crippen LogP contribution in [-0.2, 0) is 0 Å². The van der Waals surface area contributed by atoms with Crippen molar-refractivity contribution >= 4 is 33.0 Å². The van der Waals surface area contributed by atoms with Crippen LogP contribution in [0.1, 0.15) is 28.6 Å². The molecule has 2 aromatic rings. The van der Waals surface area contributed by atoms with E-state index in [4.69, 9.17) is 0 Å². The quantitative estimate of drug-likeness (QED) is 0.723. The molecule has 17 heavy (non-hydrogen) atoms. The summed E-state index contributed by atoms with van der Waals surface area (Å²) in [7, 11) is 0. The van der Waals surface area contributed by atoms with E-state index in [-0.39, 0.29) is 5.78 Å². The summed E-state index contributed by atoms with van der Waals surface area (Å²) in [6.45, 7) is 3.98. The number of thiophene rings is 1. The van der Waals surface area contributed by atoms with Crippen molar-refractivity contribution in [1.29, 1.82) is 0 Å². The van der Waals surface area contributed by atoms with Gasteiger partial charge in [0.05, 0.1) is 4.88 Å². The molecule has 0 saturated heterocycles. The molecule has 2 rings (SSSR count). The number of hydrogen-bond donors (Lipinski definition) is 0. The highest BCUT2D eigenvalue weighted by atomic mass is 79.9. The topological polar surface area (TPSA) is 17.1 Å². The first kappa shape index (κ1) is 12.5. The third kappa shape index (κ3) is 2.67. The second-order valence-electron chi connectivity index (χ2n) is 3.90. The molecule has 1 aromatic carbocycles. The van der Waals surface area contributed by atoms with Gasteiger partial charge in [0.25, 0.3) is 0 Å². The fourth-order valence-corrected chi connectivity index (χ4v) is 3.29. The molecule has 0 amide bonds. The molecule has 1 heterocycles. The van der Waals surface area contributed by atoms with Gasteiger partial charge in [-0.15, -0.1) is 11.3 Å². The lowest BCUT2D eigenvalue weighted by Crippen LogP contribution is -1.90. The summed E-state index contributed by atoms with van der Waals surface area (Å²) in [5, 5.41) is 0. The van der Waals surface area contributed by atoms with Gasteiger partial charge in [-0.25, -0.2) is 0 Å². The molecule has 88 valence electrons. The van der Waals surface area contributed by atoms with Crippen LogP contribution in [0, 0.1) is 6.92 Å². The van der Waals surface area contributed by atoms with Crippen LogP contribution in [0.25, 0.3) is 10.4 Å². The number of carbonyl (C=O) groups is 1. The second-order valence-corrected chi connectivity index (χ2v) is 5.90. The maximum Gasteiger partial charge on any atom is 0.172 e. The van der Waals surface area contributed by atoms with Crippen molar-refractivity contribution in [2.75, 3.05) is 0 Å². The molecule has 0 bridgehead atoms. The average Bonchev–Trinajstić information content (AvgIpc) is 2.77. The molecular formula is C14H13BrOS. The number of halogens is 1. The molecule has 0 spiro atoms. The Labute approximate surface area is 114 Å². The van der Waals surface area contributed by atoms with Gasteiger partial charge in [0.1, 0.15) is 0 Å². The number of rotatable bonds is 3. The molecule has 0 aliphatic heterocycles. The average molecular weight is 309 g/mol. The van der Waals surface area contributed by atoms with Crippen LogP contribution in [0.5, 0.6) is 0 Å². The Morgan fingerprint density at radius 3 is 2.71 bits per heavy atom. The van der Waals surface area contributed by atoms with Gasteiger partial charge in [0.15, 0.2) is 5.78 Å². The molecule has 0 atom stereocenters. The number of ketones is 1. The number of Topliss-reactive ketones (excluding diaryl/α,β-unsaturated/α-hetero) is 1. The van der Waals surface area contributed by atoms with Crippen molar-refractivity contribution in [1.82, 2.24) is 0 Å².